The maximum Gasteiger partial charge on any atom is 0.348 e. The average molecular weight is 299 g/mol. The fraction of sp³-hybridized carbons (Fsp3) is 0.353. The van der Waals surface area contributed by atoms with E-state index in [1.165, 1.54) is 10.1 Å². The van der Waals surface area contributed by atoms with Crippen molar-refractivity contribution in [2.75, 3.05) is 5.32 Å². The van der Waals surface area contributed by atoms with Crippen molar-refractivity contribution in [1.29, 1.82) is 0 Å². The van der Waals surface area contributed by atoms with Crippen molar-refractivity contribution in [3.63, 3.8) is 0 Å². The summed E-state index contributed by atoms with van der Waals surface area (Å²) in [6, 6.07) is 8.86. The number of hydrogen-bond acceptors (Lipinski definition) is 3. The van der Waals surface area contributed by atoms with Gasteiger partial charge in [0.15, 0.2) is 0 Å². The maximum atomic E-state index is 12.4. The van der Waals surface area contributed by atoms with Crippen molar-refractivity contribution in [2.24, 2.45) is 0 Å². The molecule has 5 nitrogen and oxygen atoms in total. The van der Waals surface area contributed by atoms with Gasteiger partial charge in [-0.15, -0.1) is 0 Å². The summed E-state index contributed by atoms with van der Waals surface area (Å²) in [4.78, 5) is 28.3. The van der Waals surface area contributed by atoms with Crippen LogP contribution in [-0.2, 0) is 11.2 Å². The minimum atomic E-state index is -0.619. The van der Waals surface area contributed by atoms with Gasteiger partial charge >= 0.3 is 5.69 Å². The van der Waals surface area contributed by atoms with Crippen molar-refractivity contribution in [3.05, 3.63) is 57.8 Å². The SMILES string of the molecule is CCc1ccc(NC(=O)C(C)n2c(C)cc(C)nc2=O)cc1. The molecule has 2 rings (SSSR count). The van der Waals surface area contributed by atoms with E-state index in [2.05, 4.69) is 17.2 Å². The molecule has 0 saturated heterocycles. The molecule has 116 valence electrons. The Labute approximate surface area is 130 Å². The fourth-order valence-corrected chi connectivity index (χ4v) is 2.42. The Morgan fingerprint density at radius 2 is 1.91 bits per heavy atom. The van der Waals surface area contributed by atoms with Gasteiger partial charge < -0.3 is 5.32 Å². The minimum absolute atomic E-state index is 0.236. The van der Waals surface area contributed by atoms with E-state index in [1.54, 1.807) is 26.8 Å². The number of amides is 1. The predicted molar refractivity (Wildman–Crippen MR) is 87.1 cm³/mol. The topological polar surface area (TPSA) is 64.0 Å². The number of carbonyl (C=O) groups excluding carboxylic acids is 1. The average Bonchev–Trinajstić information content (AvgIpc) is 2.46. The van der Waals surface area contributed by atoms with Gasteiger partial charge in [-0.05, 0) is 51.0 Å². The quantitative estimate of drug-likeness (QED) is 0.944. The molecule has 2 aromatic rings. The number of aromatic nitrogens is 2. The zero-order valence-corrected chi connectivity index (χ0v) is 13.4. The Kier molecular flexibility index (Phi) is 4.75. The highest BCUT2D eigenvalue weighted by Gasteiger charge is 2.18. The smallest absolute Gasteiger partial charge is 0.324 e. The molecule has 1 N–H and O–H groups in total. The van der Waals surface area contributed by atoms with E-state index >= 15 is 0 Å². The number of hydrogen-bond donors (Lipinski definition) is 1. The number of rotatable bonds is 4. The molecule has 22 heavy (non-hydrogen) atoms. The third-order valence-corrected chi connectivity index (χ3v) is 3.67. The number of nitrogens with zero attached hydrogens (tertiary/aromatic N) is 2. The fourth-order valence-electron chi connectivity index (χ4n) is 2.42. The van der Waals surface area contributed by atoms with Gasteiger partial charge in [0.05, 0.1) is 0 Å². The number of nitrogens with one attached hydrogen (secondary N) is 1. The van der Waals surface area contributed by atoms with Crippen LogP contribution in [0.3, 0.4) is 0 Å². The van der Waals surface area contributed by atoms with E-state index in [1.807, 2.05) is 24.3 Å². The minimum Gasteiger partial charge on any atom is -0.324 e. The van der Waals surface area contributed by atoms with Crippen LogP contribution < -0.4 is 11.0 Å². The van der Waals surface area contributed by atoms with Crippen molar-refractivity contribution >= 4 is 11.6 Å². The number of carbonyl (C=O) groups is 1. The second kappa shape index (κ2) is 6.56. The molecule has 0 fully saturated rings. The number of anilines is 1. The first-order chi connectivity index (χ1) is 10.4. The van der Waals surface area contributed by atoms with Gasteiger partial charge in [-0.1, -0.05) is 19.1 Å². The third-order valence-electron chi connectivity index (χ3n) is 3.67. The van der Waals surface area contributed by atoms with E-state index < -0.39 is 11.7 Å². The van der Waals surface area contributed by atoms with Gasteiger partial charge in [-0.2, -0.15) is 4.98 Å². The molecular formula is C17H21N3O2. The second-order valence-electron chi connectivity index (χ2n) is 5.41. The number of aryl methyl sites for hydroxylation is 3. The van der Waals surface area contributed by atoms with Crippen molar-refractivity contribution in [1.82, 2.24) is 9.55 Å². The molecule has 1 aromatic carbocycles. The molecule has 0 saturated carbocycles. The van der Waals surface area contributed by atoms with Gasteiger partial charge in [0, 0.05) is 17.1 Å². The Hall–Kier alpha value is -2.43. The van der Waals surface area contributed by atoms with E-state index in [4.69, 9.17) is 0 Å². The van der Waals surface area contributed by atoms with Gasteiger partial charge in [-0.25, -0.2) is 4.79 Å². The maximum absolute atomic E-state index is 12.4. The van der Waals surface area contributed by atoms with Gasteiger partial charge in [0.1, 0.15) is 6.04 Å². The van der Waals surface area contributed by atoms with Gasteiger partial charge in [-0.3, -0.25) is 9.36 Å². The second-order valence-corrected chi connectivity index (χ2v) is 5.41. The van der Waals surface area contributed by atoms with Crippen LogP contribution in [0.15, 0.2) is 35.1 Å². The van der Waals surface area contributed by atoms with E-state index in [0.717, 1.165) is 17.8 Å². The highest BCUT2D eigenvalue weighted by Crippen LogP contribution is 2.14. The summed E-state index contributed by atoms with van der Waals surface area (Å²) in [6.45, 7) is 7.34. The summed E-state index contributed by atoms with van der Waals surface area (Å²) in [5.74, 6) is -0.236. The van der Waals surface area contributed by atoms with Crippen LogP contribution in [0.5, 0.6) is 0 Å². The summed E-state index contributed by atoms with van der Waals surface area (Å²) in [6.07, 6.45) is 0.953. The van der Waals surface area contributed by atoms with Crippen molar-refractivity contribution < 1.29 is 4.79 Å². The lowest BCUT2D eigenvalue weighted by Gasteiger charge is -2.17. The van der Waals surface area contributed by atoms with Gasteiger partial charge in [0.2, 0.25) is 5.91 Å². The molecule has 0 aliphatic carbocycles. The molecular weight excluding hydrogens is 278 g/mol. The molecule has 0 aliphatic heterocycles. The van der Waals surface area contributed by atoms with E-state index in [-0.39, 0.29) is 5.91 Å². The zero-order valence-electron chi connectivity index (χ0n) is 13.4. The Balaban J connectivity index is 2.20. The predicted octanol–water partition coefficient (Wildman–Crippen LogP) is 2.62. The zero-order chi connectivity index (χ0) is 16.3. The standard InChI is InChI=1S/C17H21N3O2/c1-5-14-6-8-15(9-7-14)19-16(21)13(4)20-12(3)10-11(2)18-17(20)22/h6-10,13H,5H2,1-4H3,(H,19,21). The molecule has 1 aromatic heterocycles. The van der Waals surface area contributed by atoms with Crippen LogP contribution in [0.2, 0.25) is 0 Å². The van der Waals surface area contributed by atoms with Crippen LogP contribution in [0, 0.1) is 13.8 Å². The Bertz CT molecular complexity index is 733. The molecule has 1 amide bonds. The number of benzene rings is 1. The Morgan fingerprint density at radius 3 is 2.45 bits per heavy atom. The van der Waals surface area contributed by atoms with Gasteiger partial charge in [0.25, 0.3) is 0 Å². The van der Waals surface area contributed by atoms with Crippen molar-refractivity contribution in [3.8, 4) is 0 Å². The molecule has 1 atom stereocenters. The molecule has 0 aliphatic rings. The first-order valence-electron chi connectivity index (χ1n) is 7.39. The molecule has 1 unspecified atom stereocenters. The third kappa shape index (κ3) is 3.42. The van der Waals surface area contributed by atoms with E-state index in [0.29, 0.717) is 5.69 Å². The Morgan fingerprint density at radius 1 is 1.27 bits per heavy atom. The largest absolute Gasteiger partial charge is 0.348 e. The van der Waals surface area contributed by atoms with Crippen LogP contribution >= 0.6 is 0 Å². The molecule has 0 radical (unpaired) electrons. The molecule has 0 bridgehead atoms. The summed E-state index contributed by atoms with van der Waals surface area (Å²) in [5.41, 5.74) is 2.91. The first-order valence-corrected chi connectivity index (χ1v) is 7.39. The summed E-state index contributed by atoms with van der Waals surface area (Å²) in [5, 5.41) is 2.83. The van der Waals surface area contributed by atoms with Crippen LogP contribution in [-0.4, -0.2) is 15.5 Å². The normalized spacial score (nSPS) is 12.0. The first kappa shape index (κ1) is 15.9. The monoisotopic (exact) mass is 299 g/mol. The van der Waals surface area contributed by atoms with Crippen LogP contribution in [0.25, 0.3) is 0 Å². The lowest BCUT2D eigenvalue weighted by Crippen LogP contribution is -2.34. The molecule has 5 heteroatoms. The van der Waals surface area contributed by atoms with E-state index in [9.17, 15) is 9.59 Å². The lowest BCUT2D eigenvalue weighted by molar-refractivity contribution is -0.118. The highest BCUT2D eigenvalue weighted by molar-refractivity contribution is 5.93. The summed E-state index contributed by atoms with van der Waals surface area (Å²) in [7, 11) is 0. The molecule has 1 heterocycles. The summed E-state index contributed by atoms with van der Waals surface area (Å²) < 4.78 is 1.41. The molecule has 0 spiro atoms. The van der Waals surface area contributed by atoms with Crippen molar-refractivity contribution in [2.45, 2.75) is 40.2 Å². The van der Waals surface area contributed by atoms with Crippen LogP contribution in [0.4, 0.5) is 5.69 Å². The highest BCUT2D eigenvalue weighted by atomic mass is 16.2. The van der Waals surface area contributed by atoms with Crippen LogP contribution in [0.1, 0.15) is 36.8 Å². The lowest BCUT2D eigenvalue weighted by atomic mass is 10.1. The summed E-state index contributed by atoms with van der Waals surface area (Å²) >= 11 is 0.